The fourth-order valence-electron chi connectivity index (χ4n) is 3.00. The first-order chi connectivity index (χ1) is 8.20. The number of aryl methyl sites for hydroxylation is 1. The first-order valence-electron chi connectivity index (χ1n) is 6.51. The smallest absolute Gasteiger partial charge is 0.143 e. The number of ketones is 1. The number of nitrogens with one attached hydrogen (secondary N) is 1. The van der Waals surface area contributed by atoms with Crippen molar-refractivity contribution >= 4 is 18.2 Å². The van der Waals surface area contributed by atoms with Gasteiger partial charge in [-0.15, -0.1) is 12.4 Å². The summed E-state index contributed by atoms with van der Waals surface area (Å²) in [5, 5.41) is 3.36. The van der Waals surface area contributed by atoms with Gasteiger partial charge in [0.05, 0.1) is 5.41 Å². The van der Waals surface area contributed by atoms with Crippen molar-refractivity contribution in [1.82, 2.24) is 5.32 Å². The topological polar surface area (TPSA) is 29.1 Å². The van der Waals surface area contributed by atoms with Gasteiger partial charge >= 0.3 is 0 Å². The summed E-state index contributed by atoms with van der Waals surface area (Å²) in [5.41, 5.74) is 2.26. The number of carbonyl (C=O) groups is 1. The highest BCUT2D eigenvalue weighted by atomic mass is 35.5. The zero-order chi connectivity index (χ0) is 12.3. The second-order valence-electron chi connectivity index (χ2n) is 4.92. The highest BCUT2D eigenvalue weighted by Crippen LogP contribution is 2.37. The Kier molecular flexibility index (Phi) is 5.36. The molecule has 18 heavy (non-hydrogen) atoms. The molecule has 1 fully saturated rings. The number of piperidine rings is 1. The second kappa shape index (κ2) is 6.35. The number of halogens is 1. The maximum Gasteiger partial charge on any atom is 0.143 e. The van der Waals surface area contributed by atoms with Gasteiger partial charge in [0.15, 0.2) is 0 Å². The Morgan fingerprint density at radius 1 is 1.28 bits per heavy atom. The fraction of sp³-hybridized carbons (Fsp3) is 0.533. The Morgan fingerprint density at radius 2 is 1.89 bits per heavy atom. The van der Waals surface area contributed by atoms with Gasteiger partial charge in [-0.05, 0) is 44.0 Å². The van der Waals surface area contributed by atoms with Crippen LogP contribution in [-0.4, -0.2) is 18.9 Å². The Labute approximate surface area is 116 Å². The number of carbonyl (C=O) groups excluding carboxylic acids is 1. The van der Waals surface area contributed by atoms with Gasteiger partial charge < -0.3 is 5.32 Å². The van der Waals surface area contributed by atoms with Crippen molar-refractivity contribution in [3.63, 3.8) is 0 Å². The molecule has 0 unspecified atom stereocenters. The minimum absolute atomic E-state index is 0. The lowest BCUT2D eigenvalue weighted by Gasteiger charge is -2.37. The van der Waals surface area contributed by atoms with Gasteiger partial charge in [0.2, 0.25) is 0 Å². The summed E-state index contributed by atoms with van der Waals surface area (Å²) in [6.45, 7) is 5.98. The van der Waals surface area contributed by atoms with Crippen LogP contribution in [0.1, 0.15) is 37.3 Å². The molecule has 0 spiro atoms. The van der Waals surface area contributed by atoms with E-state index in [0.29, 0.717) is 12.2 Å². The molecule has 1 N–H and O–H groups in total. The molecule has 1 saturated heterocycles. The third kappa shape index (κ3) is 2.60. The predicted octanol–water partition coefficient (Wildman–Crippen LogP) is 3.02. The van der Waals surface area contributed by atoms with Gasteiger partial charge in [0, 0.05) is 6.42 Å². The van der Waals surface area contributed by atoms with Gasteiger partial charge in [0.25, 0.3) is 0 Å². The van der Waals surface area contributed by atoms with E-state index in [2.05, 4.69) is 30.4 Å². The monoisotopic (exact) mass is 267 g/mol. The van der Waals surface area contributed by atoms with Gasteiger partial charge in [-0.3, -0.25) is 4.79 Å². The summed E-state index contributed by atoms with van der Waals surface area (Å²) < 4.78 is 0. The molecule has 3 heteroatoms. The van der Waals surface area contributed by atoms with Gasteiger partial charge in [-0.1, -0.05) is 31.2 Å². The second-order valence-corrected chi connectivity index (χ2v) is 4.92. The summed E-state index contributed by atoms with van der Waals surface area (Å²) in [4.78, 5) is 12.4. The van der Waals surface area contributed by atoms with Crippen molar-refractivity contribution in [3.8, 4) is 0 Å². The predicted molar refractivity (Wildman–Crippen MR) is 77.5 cm³/mol. The lowest BCUT2D eigenvalue weighted by Crippen LogP contribution is -2.45. The zero-order valence-corrected chi connectivity index (χ0v) is 12.0. The molecule has 1 aromatic carbocycles. The summed E-state index contributed by atoms with van der Waals surface area (Å²) in [6, 6.07) is 8.34. The zero-order valence-electron chi connectivity index (χ0n) is 11.2. The highest BCUT2D eigenvalue weighted by molar-refractivity contribution is 5.90. The van der Waals surface area contributed by atoms with Gasteiger partial charge in [0.1, 0.15) is 5.78 Å². The maximum atomic E-state index is 12.4. The molecular weight excluding hydrogens is 246 g/mol. The fourth-order valence-corrected chi connectivity index (χ4v) is 3.00. The van der Waals surface area contributed by atoms with Crippen molar-refractivity contribution in [2.24, 2.45) is 0 Å². The molecule has 1 aromatic rings. The van der Waals surface area contributed by atoms with E-state index in [0.717, 1.165) is 25.9 Å². The Morgan fingerprint density at radius 3 is 2.44 bits per heavy atom. The number of hydrogen-bond acceptors (Lipinski definition) is 2. The molecule has 0 radical (unpaired) electrons. The van der Waals surface area contributed by atoms with Crippen LogP contribution in [0.2, 0.25) is 0 Å². The van der Waals surface area contributed by atoms with E-state index >= 15 is 0 Å². The van der Waals surface area contributed by atoms with Crippen LogP contribution in [0.3, 0.4) is 0 Å². The molecule has 0 aromatic heterocycles. The number of rotatable bonds is 3. The van der Waals surface area contributed by atoms with Crippen LogP contribution < -0.4 is 5.32 Å². The van der Waals surface area contributed by atoms with Crippen molar-refractivity contribution in [2.45, 2.75) is 38.5 Å². The van der Waals surface area contributed by atoms with Crippen LogP contribution in [0.5, 0.6) is 0 Å². The molecule has 0 bridgehead atoms. The van der Waals surface area contributed by atoms with Gasteiger partial charge in [-0.25, -0.2) is 0 Å². The van der Waals surface area contributed by atoms with Crippen molar-refractivity contribution in [3.05, 3.63) is 35.4 Å². The van der Waals surface area contributed by atoms with E-state index in [1.165, 1.54) is 11.1 Å². The largest absolute Gasteiger partial charge is 0.317 e. The van der Waals surface area contributed by atoms with E-state index in [1.54, 1.807) is 0 Å². The molecule has 100 valence electrons. The molecule has 1 heterocycles. The van der Waals surface area contributed by atoms with E-state index in [-0.39, 0.29) is 17.8 Å². The van der Waals surface area contributed by atoms with Crippen LogP contribution in [0.15, 0.2) is 24.3 Å². The van der Waals surface area contributed by atoms with E-state index < -0.39 is 0 Å². The van der Waals surface area contributed by atoms with E-state index in [9.17, 15) is 4.79 Å². The van der Waals surface area contributed by atoms with Crippen LogP contribution in [0.4, 0.5) is 0 Å². The Balaban J connectivity index is 0.00000162. The highest BCUT2D eigenvalue weighted by Gasteiger charge is 2.40. The molecule has 0 amide bonds. The van der Waals surface area contributed by atoms with Crippen molar-refractivity contribution < 1.29 is 4.79 Å². The quantitative estimate of drug-likeness (QED) is 0.912. The molecule has 1 aliphatic rings. The average molecular weight is 268 g/mol. The number of benzene rings is 1. The van der Waals surface area contributed by atoms with Crippen molar-refractivity contribution in [1.29, 1.82) is 0 Å². The lowest BCUT2D eigenvalue weighted by atomic mass is 9.68. The first kappa shape index (κ1) is 15.2. The standard InChI is InChI=1S/C15H21NO.ClH/c1-3-14(17)15(8-10-16-11-9-15)13-7-5-4-6-12(13)2;/h4-7,16H,3,8-11H2,1-2H3;1H. The van der Waals surface area contributed by atoms with Crippen molar-refractivity contribution in [2.75, 3.05) is 13.1 Å². The van der Waals surface area contributed by atoms with Crippen LogP contribution in [-0.2, 0) is 10.2 Å². The summed E-state index contributed by atoms with van der Waals surface area (Å²) in [5.74, 6) is 0.397. The number of hydrogen-bond donors (Lipinski definition) is 1. The molecule has 0 aliphatic carbocycles. The Hall–Kier alpha value is -0.860. The molecular formula is C15H22ClNO. The van der Waals surface area contributed by atoms with Crippen LogP contribution in [0, 0.1) is 6.92 Å². The SMILES string of the molecule is CCC(=O)C1(c2ccccc2C)CCNCC1.Cl. The average Bonchev–Trinajstić information content (AvgIpc) is 2.39. The third-order valence-corrected chi connectivity index (χ3v) is 3.97. The molecule has 0 atom stereocenters. The van der Waals surface area contributed by atoms with Crippen LogP contribution in [0.25, 0.3) is 0 Å². The molecule has 1 aliphatic heterocycles. The first-order valence-corrected chi connectivity index (χ1v) is 6.51. The summed E-state index contributed by atoms with van der Waals surface area (Å²) >= 11 is 0. The molecule has 2 rings (SSSR count). The summed E-state index contributed by atoms with van der Waals surface area (Å²) in [6.07, 6.45) is 2.50. The normalized spacial score (nSPS) is 17.9. The number of Topliss-reactive ketones (excluding diaryl/α,β-unsaturated/α-hetero) is 1. The maximum absolute atomic E-state index is 12.4. The summed E-state index contributed by atoms with van der Waals surface area (Å²) in [7, 11) is 0. The molecule has 2 nitrogen and oxygen atoms in total. The van der Waals surface area contributed by atoms with E-state index in [4.69, 9.17) is 0 Å². The van der Waals surface area contributed by atoms with E-state index in [1.807, 2.05) is 13.0 Å². The van der Waals surface area contributed by atoms with Crippen LogP contribution >= 0.6 is 12.4 Å². The Bertz CT molecular complexity index is 411. The minimum Gasteiger partial charge on any atom is -0.317 e. The third-order valence-electron chi connectivity index (χ3n) is 3.97. The minimum atomic E-state index is -0.231. The molecule has 0 saturated carbocycles. The van der Waals surface area contributed by atoms with Gasteiger partial charge in [-0.2, -0.15) is 0 Å². The lowest BCUT2D eigenvalue weighted by molar-refractivity contribution is -0.125.